The number of sulfonamides is 1. The van der Waals surface area contributed by atoms with E-state index in [4.69, 9.17) is 10.5 Å². The summed E-state index contributed by atoms with van der Waals surface area (Å²) in [6, 6.07) is 2.81. The second-order valence-electron chi connectivity index (χ2n) is 4.36. The molecule has 0 bridgehead atoms. The SMILES string of the molecule is CC(NS(=O)(=O)c1ncccc1N)C1CCCO1. The molecule has 18 heavy (non-hydrogen) atoms. The minimum Gasteiger partial charge on any atom is -0.396 e. The lowest BCUT2D eigenvalue weighted by molar-refractivity contribution is 0.0902. The van der Waals surface area contributed by atoms with Crippen LogP contribution in [-0.2, 0) is 14.8 Å². The Balaban J connectivity index is 2.14. The summed E-state index contributed by atoms with van der Waals surface area (Å²) >= 11 is 0. The van der Waals surface area contributed by atoms with E-state index in [-0.39, 0.29) is 22.9 Å². The van der Waals surface area contributed by atoms with Gasteiger partial charge in [-0.05, 0) is 31.9 Å². The van der Waals surface area contributed by atoms with Crippen molar-refractivity contribution in [1.29, 1.82) is 0 Å². The van der Waals surface area contributed by atoms with Gasteiger partial charge in [-0.15, -0.1) is 0 Å². The van der Waals surface area contributed by atoms with Gasteiger partial charge in [-0.1, -0.05) is 0 Å². The Morgan fingerprint density at radius 3 is 3.00 bits per heavy atom. The third-order valence-electron chi connectivity index (χ3n) is 2.92. The number of anilines is 1. The number of nitrogens with zero attached hydrogens (tertiary/aromatic N) is 1. The zero-order valence-electron chi connectivity index (χ0n) is 10.2. The molecule has 3 N–H and O–H groups in total. The molecule has 1 aliphatic rings. The van der Waals surface area contributed by atoms with E-state index in [0.29, 0.717) is 6.61 Å². The fourth-order valence-corrected chi connectivity index (χ4v) is 3.33. The quantitative estimate of drug-likeness (QED) is 0.832. The van der Waals surface area contributed by atoms with Crippen LogP contribution in [0.2, 0.25) is 0 Å². The Kier molecular flexibility index (Phi) is 3.84. The van der Waals surface area contributed by atoms with Crippen LogP contribution in [0.4, 0.5) is 5.69 Å². The maximum atomic E-state index is 12.1. The van der Waals surface area contributed by atoms with Gasteiger partial charge in [0.1, 0.15) is 0 Å². The summed E-state index contributed by atoms with van der Waals surface area (Å²) in [5.74, 6) is 0. The topological polar surface area (TPSA) is 94.3 Å². The zero-order valence-corrected chi connectivity index (χ0v) is 11.0. The summed E-state index contributed by atoms with van der Waals surface area (Å²) in [5, 5.41) is -0.130. The first-order valence-corrected chi connectivity index (χ1v) is 7.33. The van der Waals surface area contributed by atoms with Crippen molar-refractivity contribution in [2.45, 2.75) is 36.9 Å². The Hall–Kier alpha value is -1.18. The number of nitrogen functional groups attached to an aromatic ring is 1. The second kappa shape index (κ2) is 5.21. The molecule has 0 spiro atoms. The number of ether oxygens (including phenoxy) is 1. The predicted molar refractivity (Wildman–Crippen MR) is 67.4 cm³/mol. The van der Waals surface area contributed by atoms with E-state index in [1.54, 1.807) is 13.0 Å². The molecular weight excluding hydrogens is 254 g/mol. The minimum atomic E-state index is -3.69. The third-order valence-corrected chi connectivity index (χ3v) is 4.45. The maximum absolute atomic E-state index is 12.1. The van der Waals surface area contributed by atoms with Crippen LogP contribution in [0.3, 0.4) is 0 Å². The van der Waals surface area contributed by atoms with Crippen molar-refractivity contribution in [3.8, 4) is 0 Å². The number of nitrogens with one attached hydrogen (secondary N) is 1. The number of aromatic nitrogens is 1. The fraction of sp³-hybridized carbons (Fsp3) is 0.545. The maximum Gasteiger partial charge on any atom is 0.260 e. The molecular formula is C11H17N3O3S. The number of pyridine rings is 1. The van der Waals surface area contributed by atoms with Crippen LogP contribution in [0, 0.1) is 0 Å². The summed E-state index contributed by atoms with van der Waals surface area (Å²) in [6.45, 7) is 2.47. The van der Waals surface area contributed by atoms with Crippen LogP contribution in [0.15, 0.2) is 23.4 Å². The molecule has 100 valence electrons. The second-order valence-corrected chi connectivity index (χ2v) is 5.99. The van der Waals surface area contributed by atoms with Crippen LogP contribution >= 0.6 is 0 Å². The van der Waals surface area contributed by atoms with Gasteiger partial charge in [-0.3, -0.25) is 0 Å². The third kappa shape index (κ3) is 2.80. The van der Waals surface area contributed by atoms with Crippen LogP contribution in [0.1, 0.15) is 19.8 Å². The van der Waals surface area contributed by atoms with Gasteiger partial charge < -0.3 is 10.5 Å². The molecule has 7 heteroatoms. The summed E-state index contributed by atoms with van der Waals surface area (Å²) in [6.07, 6.45) is 3.15. The van der Waals surface area contributed by atoms with E-state index in [9.17, 15) is 8.42 Å². The first-order chi connectivity index (χ1) is 8.50. The molecule has 0 amide bonds. The Bertz CT molecular complexity index is 512. The molecule has 0 saturated carbocycles. The van der Waals surface area contributed by atoms with E-state index in [0.717, 1.165) is 12.8 Å². The average molecular weight is 271 g/mol. The Labute approximate surface area is 107 Å². The molecule has 1 aliphatic heterocycles. The molecule has 2 atom stereocenters. The van der Waals surface area contributed by atoms with Crippen LogP contribution in [0.25, 0.3) is 0 Å². The summed E-state index contributed by atoms with van der Waals surface area (Å²) in [4.78, 5) is 3.81. The van der Waals surface area contributed by atoms with Crippen LogP contribution in [-0.4, -0.2) is 32.2 Å². The molecule has 1 aromatic heterocycles. The van der Waals surface area contributed by atoms with Crippen LogP contribution < -0.4 is 10.5 Å². The van der Waals surface area contributed by atoms with E-state index < -0.39 is 10.0 Å². The van der Waals surface area contributed by atoms with Gasteiger partial charge in [-0.25, -0.2) is 18.1 Å². The first kappa shape index (κ1) is 13.3. The van der Waals surface area contributed by atoms with Gasteiger partial charge in [0.15, 0.2) is 5.03 Å². The van der Waals surface area contributed by atoms with Crippen molar-refractivity contribution in [3.05, 3.63) is 18.3 Å². The number of rotatable bonds is 4. The van der Waals surface area contributed by atoms with Gasteiger partial charge in [0.25, 0.3) is 10.0 Å². The van der Waals surface area contributed by atoms with Crippen molar-refractivity contribution in [2.24, 2.45) is 0 Å². The molecule has 2 heterocycles. The van der Waals surface area contributed by atoms with Gasteiger partial charge in [0.2, 0.25) is 0 Å². The van der Waals surface area contributed by atoms with E-state index in [2.05, 4.69) is 9.71 Å². The zero-order chi connectivity index (χ0) is 13.2. The highest BCUT2D eigenvalue weighted by molar-refractivity contribution is 7.89. The highest BCUT2D eigenvalue weighted by atomic mass is 32.2. The van der Waals surface area contributed by atoms with Crippen molar-refractivity contribution < 1.29 is 13.2 Å². The monoisotopic (exact) mass is 271 g/mol. The number of hydrogen-bond donors (Lipinski definition) is 2. The predicted octanol–water partition coefficient (Wildman–Crippen LogP) is 0.510. The Morgan fingerprint density at radius 1 is 1.61 bits per heavy atom. The van der Waals surface area contributed by atoms with Gasteiger partial charge in [0, 0.05) is 18.8 Å². The average Bonchev–Trinajstić information content (AvgIpc) is 2.82. The lowest BCUT2D eigenvalue weighted by Gasteiger charge is -2.19. The van der Waals surface area contributed by atoms with Crippen LogP contribution in [0.5, 0.6) is 0 Å². The van der Waals surface area contributed by atoms with Gasteiger partial charge >= 0.3 is 0 Å². The molecule has 2 rings (SSSR count). The largest absolute Gasteiger partial charge is 0.396 e. The van der Waals surface area contributed by atoms with Gasteiger partial charge in [0.05, 0.1) is 11.8 Å². The van der Waals surface area contributed by atoms with E-state index in [1.807, 2.05) is 0 Å². The van der Waals surface area contributed by atoms with Crippen molar-refractivity contribution in [3.63, 3.8) is 0 Å². The number of nitrogens with two attached hydrogens (primary N) is 1. The molecule has 2 unspecified atom stereocenters. The lowest BCUT2D eigenvalue weighted by Crippen LogP contribution is -2.41. The normalized spacial score (nSPS) is 21.9. The van der Waals surface area contributed by atoms with Gasteiger partial charge in [-0.2, -0.15) is 0 Å². The molecule has 1 fully saturated rings. The molecule has 0 aliphatic carbocycles. The summed E-state index contributed by atoms with van der Waals surface area (Å²) < 4.78 is 32.2. The highest BCUT2D eigenvalue weighted by Crippen LogP contribution is 2.19. The summed E-state index contributed by atoms with van der Waals surface area (Å²) in [5.41, 5.74) is 5.77. The van der Waals surface area contributed by atoms with Crippen molar-refractivity contribution >= 4 is 15.7 Å². The highest BCUT2D eigenvalue weighted by Gasteiger charge is 2.28. The lowest BCUT2D eigenvalue weighted by atomic mass is 10.1. The molecule has 6 nitrogen and oxygen atoms in total. The van der Waals surface area contributed by atoms with E-state index in [1.165, 1.54) is 12.3 Å². The molecule has 0 radical (unpaired) electrons. The minimum absolute atomic E-state index is 0.0790. The molecule has 0 aromatic carbocycles. The number of hydrogen-bond acceptors (Lipinski definition) is 5. The Morgan fingerprint density at radius 2 is 2.39 bits per heavy atom. The van der Waals surface area contributed by atoms with E-state index >= 15 is 0 Å². The standard InChI is InChI=1S/C11H17N3O3S/c1-8(10-5-3-7-17-10)14-18(15,16)11-9(12)4-2-6-13-11/h2,4,6,8,10,14H,3,5,7,12H2,1H3. The summed E-state index contributed by atoms with van der Waals surface area (Å²) in [7, 11) is -3.69. The van der Waals surface area contributed by atoms with Crippen molar-refractivity contribution in [1.82, 2.24) is 9.71 Å². The first-order valence-electron chi connectivity index (χ1n) is 5.85. The smallest absolute Gasteiger partial charge is 0.260 e. The van der Waals surface area contributed by atoms with Crippen molar-refractivity contribution in [2.75, 3.05) is 12.3 Å². The fourth-order valence-electron chi connectivity index (χ4n) is 2.00. The molecule has 1 saturated heterocycles. The molecule has 1 aromatic rings.